The number of piperazine rings is 1. The van der Waals surface area contributed by atoms with E-state index >= 15 is 0 Å². The second kappa shape index (κ2) is 6.16. The molecule has 2 heterocycles. The molecule has 5 heteroatoms. The average molecular weight is 313 g/mol. The van der Waals surface area contributed by atoms with Gasteiger partial charge in [0, 0.05) is 37.4 Å². The zero-order valence-electron chi connectivity index (χ0n) is 13.9. The molecule has 1 unspecified atom stereocenters. The Balaban J connectivity index is 1.96. The second-order valence-corrected chi connectivity index (χ2v) is 6.84. The maximum atomic E-state index is 12.6. The summed E-state index contributed by atoms with van der Waals surface area (Å²) in [4.78, 5) is 18.6. The zero-order valence-corrected chi connectivity index (χ0v) is 13.9. The number of fused-ring (bicyclic) bond motifs is 1. The molecule has 3 rings (SSSR count). The summed E-state index contributed by atoms with van der Waals surface area (Å²) < 4.78 is 5.59. The van der Waals surface area contributed by atoms with Crippen molar-refractivity contribution in [2.75, 3.05) is 19.6 Å². The minimum absolute atomic E-state index is 0.0373. The number of benzene rings is 1. The van der Waals surface area contributed by atoms with Gasteiger partial charge in [-0.2, -0.15) is 0 Å². The lowest BCUT2D eigenvalue weighted by atomic mass is 9.98. The van der Waals surface area contributed by atoms with Crippen LogP contribution in [0.5, 0.6) is 0 Å². The maximum Gasteiger partial charge on any atom is 0.410 e. The van der Waals surface area contributed by atoms with Gasteiger partial charge in [-0.05, 0) is 37.8 Å². The van der Waals surface area contributed by atoms with Gasteiger partial charge in [-0.1, -0.05) is 18.2 Å². The van der Waals surface area contributed by atoms with Gasteiger partial charge >= 0.3 is 6.09 Å². The van der Waals surface area contributed by atoms with Gasteiger partial charge in [-0.3, -0.25) is 9.88 Å². The number of amides is 1. The van der Waals surface area contributed by atoms with Crippen LogP contribution in [0.15, 0.2) is 36.7 Å². The minimum atomic E-state index is -0.491. The van der Waals surface area contributed by atoms with E-state index in [1.807, 2.05) is 50.1 Å². The van der Waals surface area contributed by atoms with E-state index in [1.165, 1.54) is 0 Å². The number of aromatic nitrogens is 1. The summed E-state index contributed by atoms with van der Waals surface area (Å²) in [5.41, 5.74) is 0.637. The minimum Gasteiger partial charge on any atom is -0.444 e. The van der Waals surface area contributed by atoms with E-state index in [4.69, 9.17) is 4.74 Å². The van der Waals surface area contributed by atoms with Crippen LogP contribution in [0, 0.1) is 0 Å². The van der Waals surface area contributed by atoms with Gasteiger partial charge in [0.1, 0.15) is 5.60 Å². The Morgan fingerprint density at radius 1 is 1.35 bits per heavy atom. The molecule has 1 amide bonds. The molecule has 122 valence electrons. The van der Waals surface area contributed by atoms with Gasteiger partial charge in [0.2, 0.25) is 0 Å². The van der Waals surface area contributed by atoms with Crippen LogP contribution >= 0.6 is 0 Å². The van der Waals surface area contributed by atoms with Crippen LogP contribution in [-0.4, -0.2) is 41.2 Å². The third-order valence-electron chi connectivity index (χ3n) is 3.94. The van der Waals surface area contributed by atoms with E-state index in [1.54, 1.807) is 6.20 Å². The number of carbonyl (C=O) groups excluding carboxylic acids is 1. The summed E-state index contributed by atoms with van der Waals surface area (Å²) >= 11 is 0. The maximum absolute atomic E-state index is 12.6. The van der Waals surface area contributed by atoms with Crippen LogP contribution in [0.1, 0.15) is 32.4 Å². The van der Waals surface area contributed by atoms with Gasteiger partial charge in [-0.15, -0.1) is 0 Å². The van der Waals surface area contributed by atoms with Crippen molar-refractivity contribution in [1.82, 2.24) is 15.2 Å². The summed E-state index contributed by atoms with van der Waals surface area (Å²) in [7, 11) is 0. The number of hydrogen-bond acceptors (Lipinski definition) is 4. The molecule has 0 spiro atoms. The first kappa shape index (κ1) is 15.7. The first-order valence-corrected chi connectivity index (χ1v) is 7.99. The molecule has 23 heavy (non-hydrogen) atoms. The summed E-state index contributed by atoms with van der Waals surface area (Å²) in [6.07, 6.45) is 3.39. The molecule has 1 aliphatic rings. The Morgan fingerprint density at radius 3 is 2.96 bits per heavy atom. The fraction of sp³-hybridized carbons (Fsp3) is 0.444. The molecular weight excluding hydrogens is 290 g/mol. The lowest BCUT2D eigenvalue weighted by molar-refractivity contribution is 0.0119. The summed E-state index contributed by atoms with van der Waals surface area (Å²) in [5.74, 6) is 0. The molecule has 1 N–H and O–H groups in total. The Bertz CT molecular complexity index is 703. The van der Waals surface area contributed by atoms with Crippen LogP contribution in [0.2, 0.25) is 0 Å². The lowest BCUT2D eigenvalue weighted by Crippen LogP contribution is -2.50. The smallest absolute Gasteiger partial charge is 0.410 e. The molecular formula is C18H23N3O2. The van der Waals surface area contributed by atoms with Crippen molar-refractivity contribution in [2.45, 2.75) is 32.4 Å². The number of ether oxygens (including phenoxy) is 1. The lowest BCUT2D eigenvalue weighted by Gasteiger charge is -2.37. The highest BCUT2D eigenvalue weighted by Gasteiger charge is 2.32. The van der Waals surface area contributed by atoms with Crippen molar-refractivity contribution in [2.24, 2.45) is 0 Å². The molecule has 5 nitrogen and oxygen atoms in total. The Kier molecular flexibility index (Phi) is 4.22. The number of carbonyl (C=O) groups is 1. The number of rotatable bonds is 1. The van der Waals surface area contributed by atoms with Crippen molar-refractivity contribution in [3.05, 3.63) is 42.2 Å². The highest BCUT2D eigenvalue weighted by atomic mass is 16.6. The highest BCUT2D eigenvalue weighted by Crippen LogP contribution is 2.30. The van der Waals surface area contributed by atoms with Crippen LogP contribution in [0.25, 0.3) is 10.8 Å². The van der Waals surface area contributed by atoms with Crippen molar-refractivity contribution < 1.29 is 9.53 Å². The molecule has 0 radical (unpaired) electrons. The van der Waals surface area contributed by atoms with Gasteiger partial charge in [0.05, 0.1) is 6.04 Å². The average Bonchev–Trinajstić information content (AvgIpc) is 2.53. The predicted octanol–water partition coefficient (Wildman–Crippen LogP) is 3.12. The van der Waals surface area contributed by atoms with E-state index in [0.717, 1.165) is 29.4 Å². The molecule has 1 aliphatic heterocycles. The van der Waals surface area contributed by atoms with Gasteiger partial charge in [0.25, 0.3) is 0 Å². The number of hydrogen-bond donors (Lipinski definition) is 1. The molecule has 0 bridgehead atoms. The molecule has 2 aromatic rings. The van der Waals surface area contributed by atoms with Gasteiger partial charge in [0.15, 0.2) is 0 Å². The fourth-order valence-electron chi connectivity index (χ4n) is 2.96. The Labute approximate surface area is 136 Å². The Morgan fingerprint density at radius 2 is 2.17 bits per heavy atom. The molecule has 1 aromatic carbocycles. The topological polar surface area (TPSA) is 54.5 Å². The van der Waals surface area contributed by atoms with Crippen LogP contribution < -0.4 is 5.32 Å². The van der Waals surface area contributed by atoms with Crippen molar-refractivity contribution in [3.63, 3.8) is 0 Å². The number of pyridine rings is 1. The summed E-state index contributed by atoms with van der Waals surface area (Å²) in [6.45, 7) is 7.83. The third-order valence-corrected chi connectivity index (χ3v) is 3.94. The largest absolute Gasteiger partial charge is 0.444 e. The third kappa shape index (κ3) is 3.45. The van der Waals surface area contributed by atoms with Crippen molar-refractivity contribution in [3.8, 4) is 0 Å². The molecule has 1 atom stereocenters. The Hall–Kier alpha value is -2.14. The van der Waals surface area contributed by atoms with Gasteiger partial charge in [-0.25, -0.2) is 4.79 Å². The number of nitrogens with zero attached hydrogens (tertiary/aromatic N) is 2. The SMILES string of the molecule is CC(C)(C)OC(=O)N1CCNCC1c1cccc2cnccc12. The molecule has 1 aromatic heterocycles. The fourth-order valence-corrected chi connectivity index (χ4v) is 2.96. The van der Waals surface area contributed by atoms with Crippen LogP contribution in [0.3, 0.4) is 0 Å². The van der Waals surface area contributed by atoms with E-state index in [9.17, 15) is 4.79 Å². The summed E-state index contributed by atoms with van der Waals surface area (Å²) in [6, 6.07) is 8.11. The first-order chi connectivity index (χ1) is 11.0. The van der Waals surface area contributed by atoms with E-state index < -0.39 is 5.60 Å². The molecule has 1 saturated heterocycles. The van der Waals surface area contributed by atoms with Gasteiger partial charge < -0.3 is 10.1 Å². The van der Waals surface area contributed by atoms with E-state index in [0.29, 0.717) is 6.54 Å². The van der Waals surface area contributed by atoms with E-state index in [-0.39, 0.29) is 12.1 Å². The molecule has 1 fully saturated rings. The second-order valence-electron chi connectivity index (χ2n) is 6.84. The van der Waals surface area contributed by atoms with Crippen LogP contribution in [-0.2, 0) is 4.74 Å². The monoisotopic (exact) mass is 313 g/mol. The van der Waals surface area contributed by atoms with E-state index in [2.05, 4.69) is 16.4 Å². The van der Waals surface area contributed by atoms with Crippen LogP contribution in [0.4, 0.5) is 4.79 Å². The zero-order chi connectivity index (χ0) is 16.4. The van der Waals surface area contributed by atoms with Crippen molar-refractivity contribution >= 4 is 16.9 Å². The normalized spacial score (nSPS) is 18.9. The number of nitrogens with one attached hydrogen (secondary N) is 1. The molecule has 0 saturated carbocycles. The molecule has 0 aliphatic carbocycles. The summed E-state index contributed by atoms with van der Waals surface area (Å²) in [5, 5.41) is 5.59. The standard InChI is InChI=1S/C18H23N3O2/c1-18(2,3)23-17(22)21-10-9-20-12-16(21)15-6-4-5-13-11-19-8-7-14(13)15/h4-8,11,16,20H,9-10,12H2,1-3H3. The highest BCUT2D eigenvalue weighted by molar-refractivity contribution is 5.85. The first-order valence-electron chi connectivity index (χ1n) is 7.99. The van der Waals surface area contributed by atoms with Crippen molar-refractivity contribution in [1.29, 1.82) is 0 Å². The predicted molar refractivity (Wildman–Crippen MR) is 90.3 cm³/mol. The quantitative estimate of drug-likeness (QED) is 0.879.